The van der Waals surface area contributed by atoms with Crippen molar-refractivity contribution in [3.63, 3.8) is 0 Å². The number of amides is 1. The number of halogens is 1. The fraction of sp³-hybridized carbons (Fsp3) is 0.357. The van der Waals surface area contributed by atoms with Crippen molar-refractivity contribution in [3.8, 4) is 0 Å². The van der Waals surface area contributed by atoms with Gasteiger partial charge < -0.3 is 10.6 Å². The van der Waals surface area contributed by atoms with Gasteiger partial charge >= 0.3 is 0 Å². The highest BCUT2D eigenvalue weighted by Crippen LogP contribution is 2.03. The van der Waals surface area contributed by atoms with Crippen LogP contribution in [0.4, 0.5) is 0 Å². The van der Waals surface area contributed by atoms with Gasteiger partial charge in [-0.1, -0.05) is 6.07 Å². The average Bonchev–Trinajstić information content (AvgIpc) is 2.92. The molecule has 1 fully saturated rings. The van der Waals surface area contributed by atoms with Gasteiger partial charge in [0.05, 0.1) is 0 Å². The first-order valence-electron chi connectivity index (χ1n) is 6.65. The molecule has 0 spiro atoms. The van der Waals surface area contributed by atoms with E-state index in [1.165, 1.54) is 10.6 Å². The van der Waals surface area contributed by atoms with Crippen molar-refractivity contribution in [2.45, 2.75) is 19.4 Å². The molecule has 0 aliphatic carbocycles. The van der Waals surface area contributed by atoms with Crippen LogP contribution in [0.15, 0.2) is 29.3 Å². The van der Waals surface area contributed by atoms with Crippen molar-refractivity contribution in [2.24, 2.45) is 0 Å². The predicted octanol–water partition coefficient (Wildman–Crippen LogP) is 0.516. The van der Waals surface area contributed by atoms with Crippen LogP contribution < -0.4 is 16.2 Å². The van der Waals surface area contributed by atoms with E-state index in [9.17, 15) is 9.59 Å². The number of hydrogen-bond acceptors (Lipinski definition) is 4. The lowest BCUT2D eigenvalue weighted by Crippen LogP contribution is -2.39. The summed E-state index contributed by atoms with van der Waals surface area (Å²) in [5, 5.41) is 6.03. The Labute approximate surface area is 128 Å². The summed E-state index contributed by atoms with van der Waals surface area (Å²) in [6, 6.07) is 3.73. The van der Waals surface area contributed by atoms with E-state index in [1.54, 1.807) is 12.3 Å². The Hall–Kier alpha value is -1.92. The van der Waals surface area contributed by atoms with E-state index in [0.29, 0.717) is 5.65 Å². The van der Waals surface area contributed by atoms with Gasteiger partial charge in [-0.25, -0.2) is 4.98 Å². The van der Waals surface area contributed by atoms with Crippen molar-refractivity contribution in [2.75, 3.05) is 13.1 Å². The van der Waals surface area contributed by atoms with Crippen LogP contribution in [0.25, 0.3) is 5.65 Å². The van der Waals surface area contributed by atoms with E-state index in [1.807, 2.05) is 13.0 Å². The third-order valence-corrected chi connectivity index (χ3v) is 3.49. The number of carbonyl (C=O) groups is 1. The fourth-order valence-corrected chi connectivity index (χ4v) is 2.38. The molecule has 2 aromatic heterocycles. The summed E-state index contributed by atoms with van der Waals surface area (Å²) in [6.45, 7) is 3.52. The fourth-order valence-electron chi connectivity index (χ4n) is 2.38. The number of fused-ring (bicyclic) bond motifs is 1. The maximum atomic E-state index is 12.3. The molecule has 1 aliphatic heterocycles. The second-order valence-electron chi connectivity index (χ2n) is 5.07. The van der Waals surface area contributed by atoms with Crippen LogP contribution in [0.1, 0.15) is 22.3 Å². The van der Waals surface area contributed by atoms with E-state index in [-0.39, 0.29) is 35.5 Å². The second-order valence-corrected chi connectivity index (χ2v) is 5.07. The number of nitrogens with zero attached hydrogens (tertiary/aromatic N) is 2. The summed E-state index contributed by atoms with van der Waals surface area (Å²) in [4.78, 5) is 28.7. The molecule has 0 aromatic carbocycles. The highest BCUT2D eigenvalue weighted by Gasteiger charge is 2.20. The van der Waals surface area contributed by atoms with Crippen LogP contribution in [0.2, 0.25) is 0 Å². The molecular weight excluding hydrogens is 292 g/mol. The molecule has 1 aliphatic rings. The van der Waals surface area contributed by atoms with Crippen LogP contribution in [-0.4, -0.2) is 34.4 Å². The summed E-state index contributed by atoms with van der Waals surface area (Å²) in [5.74, 6) is -0.355. The molecule has 1 atom stereocenters. The molecule has 0 bridgehead atoms. The van der Waals surface area contributed by atoms with Crippen LogP contribution in [0, 0.1) is 6.92 Å². The highest BCUT2D eigenvalue weighted by atomic mass is 35.5. The van der Waals surface area contributed by atoms with Gasteiger partial charge in [0, 0.05) is 25.0 Å². The van der Waals surface area contributed by atoms with E-state index in [4.69, 9.17) is 0 Å². The molecule has 1 saturated heterocycles. The summed E-state index contributed by atoms with van der Waals surface area (Å²) >= 11 is 0. The number of nitrogens with one attached hydrogen (secondary N) is 2. The maximum absolute atomic E-state index is 12.3. The summed E-state index contributed by atoms with van der Waals surface area (Å²) in [5.41, 5.74) is 1.24. The van der Waals surface area contributed by atoms with Gasteiger partial charge in [0.25, 0.3) is 11.5 Å². The topological polar surface area (TPSA) is 75.5 Å². The smallest absolute Gasteiger partial charge is 0.270 e. The number of aryl methyl sites for hydroxylation is 1. The van der Waals surface area contributed by atoms with Crippen molar-refractivity contribution in [1.29, 1.82) is 0 Å². The number of carbonyl (C=O) groups excluding carboxylic acids is 1. The first-order valence-corrected chi connectivity index (χ1v) is 6.65. The van der Waals surface area contributed by atoms with Crippen molar-refractivity contribution < 1.29 is 4.79 Å². The minimum atomic E-state index is -0.355. The van der Waals surface area contributed by atoms with Gasteiger partial charge in [0.2, 0.25) is 0 Å². The average molecular weight is 309 g/mol. The predicted molar refractivity (Wildman–Crippen MR) is 82.2 cm³/mol. The van der Waals surface area contributed by atoms with Crippen molar-refractivity contribution in [1.82, 2.24) is 20.0 Å². The Kier molecular flexibility index (Phi) is 4.59. The standard InChI is InChI=1S/C14H16N4O2.ClH/c1-9-2-3-12-16-7-11(14(20)18(12)8-9)13(19)17-10-4-5-15-6-10;/h2-3,7-8,10,15H,4-6H2,1H3,(H,17,19);1H. The van der Waals surface area contributed by atoms with E-state index >= 15 is 0 Å². The molecule has 1 unspecified atom stereocenters. The highest BCUT2D eigenvalue weighted by molar-refractivity contribution is 5.94. The van der Waals surface area contributed by atoms with Crippen molar-refractivity contribution >= 4 is 24.0 Å². The minimum absolute atomic E-state index is 0. The van der Waals surface area contributed by atoms with Crippen LogP contribution >= 0.6 is 12.4 Å². The quantitative estimate of drug-likeness (QED) is 0.848. The number of hydrogen-bond donors (Lipinski definition) is 2. The number of aromatic nitrogens is 2. The molecule has 3 heterocycles. The summed E-state index contributed by atoms with van der Waals surface area (Å²) in [7, 11) is 0. The van der Waals surface area contributed by atoms with Crippen LogP contribution in [-0.2, 0) is 0 Å². The zero-order valence-corrected chi connectivity index (χ0v) is 12.4. The zero-order valence-electron chi connectivity index (χ0n) is 11.6. The normalized spacial score (nSPS) is 17.5. The van der Waals surface area contributed by atoms with E-state index < -0.39 is 0 Å². The zero-order chi connectivity index (χ0) is 14.1. The first kappa shape index (κ1) is 15.5. The molecular formula is C14H17ClN4O2. The van der Waals surface area contributed by atoms with Gasteiger partial charge in [-0.3, -0.25) is 14.0 Å². The molecule has 21 heavy (non-hydrogen) atoms. The Balaban J connectivity index is 0.00000161. The molecule has 6 nitrogen and oxygen atoms in total. The molecule has 0 radical (unpaired) electrons. The van der Waals surface area contributed by atoms with Gasteiger partial charge in [-0.2, -0.15) is 0 Å². The Morgan fingerprint density at radius 1 is 1.48 bits per heavy atom. The van der Waals surface area contributed by atoms with E-state index in [2.05, 4.69) is 15.6 Å². The van der Waals surface area contributed by atoms with Crippen LogP contribution in [0.3, 0.4) is 0 Å². The van der Waals surface area contributed by atoms with Crippen LogP contribution in [0.5, 0.6) is 0 Å². The SMILES string of the molecule is Cc1ccc2ncc(C(=O)NC3CCNC3)c(=O)n2c1.Cl. The Morgan fingerprint density at radius 2 is 2.29 bits per heavy atom. The third-order valence-electron chi connectivity index (χ3n) is 3.49. The Morgan fingerprint density at radius 3 is 3.00 bits per heavy atom. The lowest BCUT2D eigenvalue weighted by molar-refractivity contribution is 0.0938. The molecule has 112 valence electrons. The van der Waals surface area contributed by atoms with Crippen molar-refractivity contribution in [3.05, 3.63) is 46.0 Å². The number of rotatable bonds is 2. The number of pyridine rings is 1. The lowest BCUT2D eigenvalue weighted by Gasteiger charge is -2.11. The maximum Gasteiger partial charge on any atom is 0.270 e. The van der Waals surface area contributed by atoms with Gasteiger partial charge in [0.15, 0.2) is 0 Å². The molecule has 1 amide bonds. The molecule has 3 rings (SSSR count). The summed E-state index contributed by atoms with van der Waals surface area (Å²) in [6.07, 6.45) is 3.93. The largest absolute Gasteiger partial charge is 0.348 e. The Bertz CT molecular complexity index is 722. The minimum Gasteiger partial charge on any atom is -0.348 e. The molecule has 2 aromatic rings. The third kappa shape index (κ3) is 3.06. The molecule has 0 saturated carbocycles. The van der Waals surface area contributed by atoms with Gasteiger partial charge in [-0.05, 0) is 31.5 Å². The molecule has 2 N–H and O–H groups in total. The van der Waals surface area contributed by atoms with E-state index in [0.717, 1.165) is 25.1 Å². The lowest BCUT2D eigenvalue weighted by atomic mass is 10.2. The first-order chi connectivity index (χ1) is 9.65. The van der Waals surface area contributed by atoms with Gasteiger partial charge in [0.1, 0.15) is 11.2 Å². The second kappa shape index (κ2) is 6.24. The summed E-state index contributed by atoms with van der Waals surface area (Å²) < 4.78 is 1.41. The molecule has 7 heteroatoms. The monoisotopic (exact) mass is 308 g/mol. The van der Waals surface area contributed by atoms with Gasteiger partial charge in [-0.15, -0.1) is 12.4 Å².